The Hall–Kier alpha value is -2.23. The molecule has 1 aromatic carbocycles. The van der Waals surface area contributed by atoms with Crippen LogP contribution in [0.3, 0.4) is 0 Å². The fourth-order valence-corrected chi connectivity index (χ4v) is 3.50. The highest BCUT2D eigenvalue weighted by Gasteiger charge is 2.52. The van der Waals surface area contributed by atoms with E-state index in [1.165, 1.54) is 0 Å². The molecule has 0 unspecified atom stereocenters. The number of carbonyl (C=O) groups is 1. The number of para-hydroxylation sites is 1. The third-order valence-corrected chi connectivity index (χ3v) is 4.68. The number of furan rings is 1. The van der Waals surface area contributed by atoms with Crippen LogP contribution in [0.5, 0.6) is 0 Å². The second-order valence-corrected chi connectivity index (χ2v) is 7.39. The summed E-state index contributed by atoms with van der Waals surface area (Å²) in [6.07, 6.45) is 6.42. The zero-order valence-corrected chi connectivity index (χ0v) is 13.8. The van der Waals surface area contributed by atoms with Gasteiger partial charge in [-0.15, -0.1) is 0 Å². The molecule has 1 aliphatic heterocycles. The van der Waals surface area contributed by atoms with Gasteiger partial charge in [-0.25, -0.2) is 4.79 Å². The SMILES string of the molecule is CC(C)(C)OC(=O)N1C=Cc2c(oc3ccccc23)C12CCC2. The lowest BCUT2D eigenvalue weighted by Gasteiger charge is -2.48. The van der Waals surface area contributed by atoms with Crippen LogP contribution < -0.4 is 0 Å². The second-order valence-electron chi connectivity index (χ2n) is 7.39. The Morgan fingerprint density at radius 1 is 1.26 bits per heavy atom. The van der Waals surface area contributed by atoms with Gasteiger partial charge in [0.25, 0.3) is 0 Å². The Bertz CT molecular complexity index is 806. The molecule has 1 fully saturated rings. The van der Waals surface area contributed by atoms with Crippen molar-refractivity contribution in [1.29, 1.82) is 0 Å². The summed E-state index contributed by atoms with van der Waals surface area (Å²) >= 11 is 0. The molecule has 120 valence electrons. The molecule has 1 spiro atoms. The molecule has 0 N–H and O–H groups in total. The molecular formula is C19H21NO3. The van der Waals surface area contributed by atoms with E-state index in [0.29, 0.717) is 0 Å². The van der Waals surface area contributed by atoms with E-state index in [0.717, 1.165) is 41.6 Å². The first-order valence-electron chi connectivity index (χ1n) is 8.13. The lowest BCUT2D eigenvalue weighted by molar-refractivity contribution is -0.0173. The lowest BCUT2D eigenvalue weighted by atomic mass is 9.71. The molecule has 2 aliphatic rings. The molecule has 0 radical (unpaired) electrons. The van der Waals surface area contributed by atoms with E-state index in [4.69, 9.17) is 9.15 Å². The van der Waals surface area contributed by atoms with Gasteiger partial charge < -0.3 is 9.15 Å². The Morgan fingerprint density at radius 3 is 2.65 bits per heavy atom. The molecule has 1 aromatic heterocycles. The summed E-state index contributed by atoms with van der Waals surface area (Å²) < 4.78 is 11.7. The number of amides is 1. The number of carbonyl (C=O) groups excluding carboxylic acids is 1. The van der Waals surface area contributed by atoms with Gasteiger partial charge in [-0.05, 0) is 52.2 Å². The highest BCUT2D eigenvalue weighted by molar-refractivity contribution is 5.90. The molecule has 4 rings (SSSR count). The summed E-state index contributed by atoms with van der Waals surface area (Å²) in [6.45, 7) is 5.66. The third-order valence-electron chi connectivity index (χ3n) is 4.68. The molecule has 1 amide bonds. The highest BCUT2D eigenvalue weighted by atomic mass is 16.6. The van der Waals surface area contributed by atoms with E-state index in [2.05, 4.69) is 6.07 Å². The molecule has 2 aromatic rings. The zero-order chi connectivity index (χ0) is 16.2. The first kappa shape index (κ1) is 14.4. The average Bonchev–Trinajstić information content (AvgIpc) is 2.81. The summed E-state index contributed by atoms with van der Waals surface area (Å²) in [5, 5.41) is 1.11. The number of ether oxygens (including phenoxy) is 1. The Labute approximate surface area is 135 Å². The summed E-state index contributed by atoms with van der Waals surface area (Å²) in [5.41, 5.74) is 1.08. The van der Waals surface area contributed by atoms with E-state index < -0.39 is 5.60 Å². The number of rotatable bonds is 0. The maximum Gasteiger partial charge on any atom is 0.415 e. The Morgan fingerprint density at radius 2 is 2.00 bits per heavy atom. The minimum atomic E-state index is -0.510. The molecule has 0 saturated heterocycles. The molecule has 1 saturated carbocycles. The molecule has 4 nitrogen and oxygen atoms in total. The van der Waals surface area contributed by atoms with Gasteiger partial charge >= 0.3 is 6.09 Å². The van der Waals surface area contributed by atoms with Crippen LogP contribution in [0.1, 0.15) is 51.4 Å². The standard InChI is InChI=1S/C19H21NO3/c1-18(2,3)23-17(21)20-12-9-14-13-7-4-5-8-15(13)22-16(14)19(20)10-6-11-19/h4-5,7-9,12H,6,10-11H2,1-3H3. The van der Waals surface area contributed by atoms with Crippen molar-refractivity contribution >= 4 is 23.1 Å². The summed E-state index contributed by atoms with van der Waals surface area (Å²) in [4.78, 5) is 14.4. The Kier molecular flexibility index (Phi) is 2.89. The van der Waals surface area contributed by atoms with Gasteiger partial charge in [0, 0.05) is 17.1 Å². The minimum Gasteiger partial charge on any atom is -0.458 e. The summed E-state index contributed by atoms with van der Waals surface area (Å²) in [6, 6.07) is 8.03. The zero-order valence-electron chi connectivity index (χ0n) is 13.8. The topological polar surface area (TPSA) is 42.7 Å². The molecule has 2 heterocycles. The fourth-order valence-electron chi connectivity index (χ4n) is 3.50. The maximum atomic E-state index is 12.7. The van der Waals surface area contributed by atoms with Crippen LogP contribution in [0.15, 0.2) is 34.9 Å². The van der Waals surface area contributed by atoms with Crippen molar-refractivity contribution in [2.24, 2.45) is 0 Å². The third kappa shape index (κ3) is 2.08. The van der Waals surface area contributed by atoms with Gasteiger partial charge in [-0.3, -0.25) is 4.90 Å². The van der Waals surface area contributed by atoms with Crippen molar-refractivity contribution in [2.45, 2.75) is 51.2 Å². The number of hydrogen-bond acceptors (Lipinski definition) is 3. The molecule has 0 bridgehead atoms. The smallest absolute Gasteiger partial charge is 0.415 e. The van der Waals surface area contributed by atoms with E-state index >= 15 is 0 Å². The fraction of sp³-hybridized carbons (Fsp3) is 0.421. The van der Waals surface area contributed by atoms with Crippen LogP contribution in [-0.2, 0) is 10.3 Å². The van der Waals surface area contributed by atoms with Gasteiger partial charge in [0.1, 0.15) is 22.5 Å². The van der Waals surface area contributed by atoms with Gasteiger partial charge in [0.05, 0.1) is 0 Å². The summed E-state index contributed by atoms with van der Waals surface area (Å²) in [7, 11) is 0. The monoisotopic (exact) mass is 311 g/mol. The van der Waals surface area contributed by atoms with Gasteiger partial charge in [-0.2, -0.15) is 0 Å². The maximum absolute atomic E-state index is 12.7. The normalized spacial score (nSPS) is 18.8. The van der Waals surface area contributed by atoms with Gasteiger partial charge in [-0.1, -0.05) is 18.2 Å². The first-order valence-corrected chi connectivity index (χ1v) is 8.13. The van der Waals surface area contributed by atoms with Crippen molar-refractivity contribution in [3.63, 3.8) is 0 Å². The van der Waals surface area contributed by atoms with Crippen molar-refractivity contribution in [1.82, 2.24) is 4.90 Å². The van der Waals surface area contributed by atoms with E-state index in [1.807, 2.05) is 51.2 Å². The van der Waals surface area contributed by atoms with E-state index in [-0.39, 0.29) is 11.6 Å². The number of nitrogens with zero attached hydrogens (tertiary/aromatic N) is 1. The highest BCUT2D eigenvalue weighted by Crippen LogP contribution is 2.52. The quantitative estimate of drug-likeness (QED) is 0.685. The summed E-state index contributed by atoms with van der Waals surface area (Å²) in [5.74, 6) is 0.901. The molecule has 0 atom stereocenters. The minimum absolute atomic E-state index is 0.306. The van der Waals surface area contributed by atoms with Crippen LogP contribution in [-0.4, -0.2) is 16.6 Å². The largest absolute Gasteiger partial charge is 0.458 e. The number of hydrogen-bond donors (Lipinski definition) is 0. The van der Waals surface area contributed by atoms with Crippen LogP contribution in [0, 0.1) is 0 Å². The van der Waals surface area contributed by atoms with Gasteiger partial charge in [0.15, 0.2) is 0 Å². The van der Waals surface area contributed by atoms with Gasteiger partial charge in [0.2, 0.25) is 0 Å². The van der Waals surface area contributed by atoms with Crippen LogP contribution in [0.25, 0.3) is 17.0 Å². The van der Waals surface area contributed by atoms with Crippen molar-refractivity contribution in [3.8, 4) is 0 Å². The van der Waals surface area contributed by atoms with Crippen LogP contribution in [0.4, 0.5) is 4.79 Å². The molecular weight excluding hydrogens is 290 g/mol. The molecule has 4 heteroatoms. The van der Waals surface area contributed by atoms with Crippen molar-refractivity contribution in [2.75, 3.05) is 0 Å². The average molecular weight is 311 g/mol. The second kappa shape index (κ2) is 4.63. The number of fused-ring (bicyclic) bond motifs is 4. The predicted octanol–water partition coefficient (Wildman–Crippen LogP) is 5.03. The van der Waals surface area contributed by atoms with Crippen LogP contribution >= 0.6 is 0 Å². The van der Waals surface area contributed by atoms with E-state index in [9.17, 15) is 4.79 Å². The Balaban J connectivity index is 1.80. The van der Waals surface area contributed by atoms with E-state index in [1.54, 1.807) is 4.90 Å². The van der Waals surface area contributed by atoms with Crippen molar-refractivity contribution in [3.05, 3.63) is 41.8 Å². The molecule has 1 aliphatic carbocycles. The first-order chi connectivity index (χ1) is 10.9. The molecule has 23 heavy (non-hydrogen) atoms. The van der Waals surface area contributed by atoms with Crippen LogP contribution in [0.2, 0.25) is 0 Å². The van der Waals surface area contributed by atoms with Crippen molar-refractivity contribution < 1.29 is 13.9 Å². The number of benzene rings is 1. The lowest BCUT2D eigenvalue weighted by Crippen LogP contribution is -2.53. The predicted molar refractivity (Wildman–Crippen MR) is 88.9 cm³/mol.